The Bertz CT molecular complexity index is 633. The largest absolute Gasteiger partial charge is 0.378 e. The molecular weight excluding hydrogens is 366 g/mol. The summed E-state index contributed by atoms with van der Waals surface area (Å²) in [6.07, 6.45) is 6.05. The Morgan fingerprint density at radius 2 is 2.07 bits per heavy atom. The summed E-state index contributed by atoms with van der Waals surface area (Å²) in [4.78, 5) is 18.8. The van der Waals surface area contributed by atoms with Gasteiger partial charge >= 0.3 is 0 Å². The number of hydrogen-bond donors (Lipinski definition) is 1. The molecule has 1 aromatic heterocycles. The lowest BCUT2D eigenvalue weighted by atomic mass is 9.89. The Hall–Kier alpha value is -1.37. The molecule has 1 aromatic rings. The quantitative estimate of drug-likeness (QED) is 0.797. The summed E-state index contributed by atoms with van der Waals surface area (Å²) in [6, 6.07) is 2.00. The van der Waals surface area contributed by atoms with Crippen LogP contribution in [0.1, 0.15) is 49.9 Å². The van der Waals surface area contributed by atoms with Crippen LogP contribution in [0.15, 0.2) is 12.3 Å². The zero-order valence-corrected chi connectivity index (χ0v) is 17.0. The Morgan fingerprint density at radius 1 is 1.33 bits per heavy atom. The van der Waals surface area contributed by atoms with Crippen LogP contribution in [-0.2, 0) is 9.47 Å². The van der Waals surface area contributed by atoms with Gasteiger partial charge in [-0.05, 0) is 24.8 Å². The number of halogens is 1. The van der Waals surface area contributed by atoms with E-state index in [0.29, 0.717) is 48.6 Å². The molecule has 27 heavy (non-hydrogen) atoms. The van der Waals surface area contributed by atoms with Gasteiger partial charge in [0, 0.05) is 31.9 Å². The molecule has 2 aliphatic heterocycles. The molecule has 3 rings (SSSR count). The summed E-state index contributed by atoms with van der Waals surface area (Å²) in [6.45, 7) is 7.56. The number of anilines is 1. The van der Waals surface area contributed by atoms with Gasteiger partial charge in [-0.25, -0.2) is 4.98 Å². The van der Waals surface area contributed by atoms with E-state index in [9.17, 15) is 4.79 Å². The molecule has 0 saturated carbocycles. The summed E-state index contributed by atoms with van der Waals surface area (Å²) in [5.41, 5.74) is 0.523. The smallest absolute Gasteiger partial charge is 0.255 e. The summed E-state index contributed by atoms with van der Waals surface area (Å²) in [5.74, 6) is 1.19. The molecule has 150 valence electrons. The molecule has 0 spiro atoms. The van der Waals surface area contributed by atoms with Crippen molar-refractivity contribution < 1.29 is 14.3 Å². The maximum Gasteiger partial charge on any atom is 0.255 e. The number of amides is 1. The van der Waals surface area contributed by atoms with Crippen molar-refractivity contribution in [2.24, 2.45) is 5.92 Å². The molecule has 3 heterocycles. The van der Waals surface area contributed by atoms with E-state index in [1.165, 1.54) is 0 Å². The van der Waals surface area contributed by atoms with E-state index in [-0.39, 0.29) is 18.1 Å². The van der Waals surface area contributed by atoms with Gasteiger partial charge in [0.25, 0.3) is 5.91 Å². The third-order valence-corrected chi connectivity index (χ3v) is 5.90. The first-order chi connectivity index (χ1) is 13.1. The topological polar surface area (TPSA) is 63.7 Å². The second-order valence-electron chi connectivity index (χ2n) is 7.31. The van der Waals surface area contributed by atoms with E-state index in [0.717, 1.165) is 32.3 Å². The second-order valence-corrected chi connectivity index (χ2v) is 7.72. The maximum absolute atomic E-state index is 12.6. The molecule has 2 saturated heterocycles. The molecule has 0 bridgehead atoms. The summed E-state index contributed by atoms with van der Waals surface area (Å²) in [7, 11) is 0. The SMILES string of the molecule is CCC(CC)C1CC(Nc2ncc(C(=O)N3CCOCC3)cc2Cl)CCO1. The maximum atomic E-state index is 12.6. The van der Waals surface area contributed by atoms with E-state index in [1.807, 2.05) is 0 Å². The Balaban J connectivity index is 1.63. The normalized spacial score (nSPS) is 23.5. The van der Waals surface area contributed by atoms with Crippen molar-refractivity contribution in [3.05, 3.63) is 22.8 Å². The third kappa shape index (κ3) is 5.12. The summed E-state index contributed by atoms with van der Waals surface area (Å²) < 4.78 is 11.3. The Morgan fingerprint density at radius 3 is 2.74 bits per heavy atom. The van der Waals surface area contributed by atoms with Crippen LogP contribution in [0.25, 0.3) is 0 Å². The van der Waals surface area contributed by atoms with Gasteiger partial charge in [-0.3, -0.25) is 4.79 Å². The lowest BCUT2D eigenvalue weighted by molar-refractivity contribution is -0.0271. The number of rotatable bonds is 6. The fraction of sp³-hybridized carbons (Fsp3) is 0.700. The van der Waals surface area contributed by atoms with Crippen molar-refractivity contribution in [3.8, 4) is 0 Å². The lowest BCUT2D eigenvalue weighted by Crippen LogP contribution is -2.40. The molecule has 1 N–H and O–H groups in total. The average Bonchev–Trinajstić information content (AvgIpc) is 2.71. The number of carbonyl (C=O) groups excluding carboxylic acids is 1. The van der Waals surface area contributed by atoms with Crippen molar-refractivity contribution in [3.63, 3.8) is 0 Å². The van der Waals surface area contributed by atoms with Crippen molar-refractivity contribution in [1.29, 1.82) is 0 Å². The Kier molecular flexibility index (Phi) is 7.33. The van der Waals surface area contributed by atoms with E-state index in [1.54, 1.807) is 17.2 Å². The molecule has 2 aliphatic rings. The van der Waals surface area contributed by atoms with Crippen molar-refractivity contribution in [2.45, 2.75) is 51.7 Å². The van der Waals surface area contributed by atoms with E-state index < -0.39 is 0 Å². The average molecular weight is 396 g/mol. The van der Waals surface area contributed by atoms with Gasteiger partial charge in [-0.2, -0.15) is 0 Å². The standard InChI is InChI=1S/C20H30ClN3O3/c1-3-14(4-2)18-12-16(5-8-27-18)23-19-17(21)11-15(13-22-19)20(25)24-6-9-26-10-7-24/h11,13-14,16,18H,3-10,12H2,1-2H3,(H,22,23). The fourth-order valence-corrected chi connectivity index (χ4v) is 4.13. The van der Waals surface area contributed by atoms with Crippen LogP contribution in [0.2, 0.25) is 5.02 Å². The number of nitrogens with one attached hydrogen (secondary N) is 1. The second kappa shape index (κ2) is 9.71. The first kappa shape index (κ1) is 20.4. The number of nitrogens with zero attached hydrogens (tertiary/aromatic N) is 2. The molecule has 2 atom stereocenters. The molecule has 2 unspecified atom stereocenters. The molecule has 2 fully saturated rings. The van der Waals surface area contributed by atoms with Gasteiger partial charge in [0.2, 0.25) is 0 Å². The van der Waals surface area contributed by atoms with Gasteiger partial charge in [-0.15, -0.1) is 0 Å². The molecule has 0 aromatic carbocycles. The van der Waals surface area contributed by atoms with Crippen LogP contribution < -0.4 is 5.32 Å². The zero-order chi connectivity index (χ0) is 19.2. The lowest BCUT2D eigenvalue weighted by Gasteiger charge is -2.34. The van der Waals surface area contributed by atoms with Crippen molar-refractivity contribution >= 4 is 23.3 Å². The van der Waals surface area contributed by atoms with Crippen LogP contribution >= 0.6 is 11.6 Å². The molecule has 0 aliphatic carbocycles. The Labute approximate surface area is 166 Å². The highest BCUT2D eigenvalue weighted by Gasteiger charge is 2.28. The van der Waals surface area contributed by atoms with E-state index in [2.05, 4.69) is 24.1 Å². The van der Waals surface area contributed by atoms with Gasteiger partial charge in [0.05, 0.1) is 29.9 Å². The third-order valence-electron chi connectivity index (χ3n) is 5.62. The highest BCUT2D eigenvalue weighted by atomic mass is 35.5. The number of pyridine rings is 1. The molecule has 0 radical (unpaired) electrons. The number of aromatic nitrogens is 1. The van der Waals surface area contributed by atoms with Gasteiger partial charge in [-0.1, -0.05) is 38.3 Å². The van der Waals surface area contributed by atoms with Crippen molar-refractivity contribution in [2.75, 3.05) is 38.2 Å². The first-order valence-electron chi connectivity index (χ1n) is 10.0. The number of ether oxygens (including phenoxy) is 2. The van der Waals surface area contributed by atoms with Crippen LogP contribution in [0.5, 0.6) is 0 Å². The van der Waals surface area contributed by atoms with E-state index >= 15 is 0 Å². The number of hydrogen-bond acceptors (Lipinski definition) is 5. The highest BCUT2D eigenvalue weighted by Crippen LogP contribution is 2.29. The van der Waals surface area contributed by atoms with Gasteiger partial charge < -0.3 is 19.7 Å². The van der Waals surface area contributed by atoms with Crippen LogP contribution in [0.4, 0.5) is 5.82 Å². The molecular formula is C20H30ClN3O3. The number of carbonyl (C=O) groups is 1. The first-order valence-corrected chi connectivity index (χ1v) is 10.4. The van der Waals surface area contributed by atoms with Gasteiger partial charge in [0.1, 0.15) is 5.82 Å². The van der Waals surface area contributed by atoms with Crippen molar-refractivity contribution in [1.82, 2.24) is 9.88 Å². The minimum atomic E-state index is -0.0425. The monoisotopic (exact) mass is 395 g/mol. The minimum absolute atomic E-state index is 0.0425. The summed E-state index contributed by atoms with van der Waals surface area (Å²) in [5, 5.41) is 3.95. The van der Waals surface area contributed by atoms with E-state index in [4.69, 9.17) is 21.1 Å². The summed E-state index contributed by atoms with van der Waals surface area (Å²) >= 11 is 6.43. The van der Waals surface area contributed by atoms with Crippen LogP contribution in [0, 0.1) is 5.92 Å². The number of morpholine rings is 1. The minimum Gasteiger partial charge on any atom is -0.378 e. The highest BCUT2D eigenvalue weighted by molar-refractivity contribution is 6.33. The van der Waals surface area contributed by atoms with Gasteiger partial charge in [0.15, 0.2) is 0 Å². The predicted octanol–water partition coefficient (Wildman–Crippen LogP) is 3.60. The molecule has 6 nitrogen and oxygen atoms in total. The zero-order valence-electron chi connectivity index (χ0n) is 16.2. The fourth-order valence-electron chi connectivity index (χ4n) is 3.91. The molecule has 7 heteroatoms. The van der Waals surface area contributed by atoms with Crippen LogP contribution in [-0.4, -0.2) is 60.8 Å². The molecule has 1 amide bonds. The van der Waals surface area contributed by atoms with Crippen LogP contribution in [0.3, 0.4) is 0 Å². The predicted molar refractivity (Wildman–Crippen MR) is 106 cm³/mol.